The topological polar surface area (TPSA) is 75.6 Å². The van der Waals surface area contributed by atoms with Gasteiger partial charge < -0.3 is 15.2 Å². The number of carboxylic acids is 1. The van der Waals surface area contributed by atoms with Gasteiger partial charge >= 0.3 is 5.97 Å². The van der Waals surface area contributed by atoms with Crippen LogP contribution < -0.4 is 10.1 Å². The molecule has 1 amide bonds. The predicted molar refractivity (Wildman–Crippen MR) is 80.6 cm³/mol. The molecule has 6 heteroatoms. The first kappa shape index (κ1) is 17.3. The van der Waals surface area contributed by atoms with Gasteiger partial charge in [0.15, 0.2) is 6.10 Å². The van der Waals surface area contributed by atoms with Crippen molar-refractivity contribution in [3.63, 3.8) is 0 Å². The van der Waals surface area contributed by atoms with Gasteiger partial charge in [0.2, 0.25) is 0 Å². The molecule has 2 unspecified atom stereocenters. The van der Waals surface area contributed by atoms with Gasteiger partial charge in [0.25, 0.3) is 5.91 Å². The molecule has 0 aliphatic heterocycles. The number of carbonyl (C=O) groups is 2. The minimum Gasteiger partial charge on any atom is -0.481 e. The highest BCUT2D eigenvalue weighted by Crippen LogP contribution is 2.17. The second-order valence-corrected chi connectivity index (χ2v) is 5.61. The van der Waals surface area contributed by atoms with Gasteiger partial charge in [-0.25, -0.2) is 0 Å². The van der Waals surface area contributed by atoms with Crippen LogP contribution in [0.25, 0.3) is 0 Å². The molecule has 116 valence electrons. The predicted octanol–water partition coefficient (Wildman–Crippen LogP) is 2.72. The lowest BCUT2D eigenvalue weighted by atomic mass is 10.0. The highest BCUT2D eigenvalue weighted by Gasteiger charge is 2.23. The van der Waals surface area contributed by atoms with Gasteiger partial charge in [-0.3, -0.25) is 9.59 Å². The van der Waals surface area contributed by atoms with Crippen LogP contribution in [0, 0.1) is 5.92 Å². The number of nitrogens with one attached hydrogen (secondary N) is 1. The summed E-state index contributed by atoms with van der Waals surface area (Å²) in [6.45, 7) is 5.33. The van der Waals surface area contributed by atoms with E-state index in [1.54, 1.807) is 31.2 Å². The van der Waals surface area contributed by atoms with E-state index in [-0.39, 0.29) is 18.2 Å². The zero-order valence-electron chi connectivity index (χ0n) is 12.3. The fraction of sp³-hybridized carbons (Fsp3) is 0.467. The molecule has 0 radical (unpaired) electrons. The summed E-state index contributed by atoms with van der Waals surface area (Å²) in [5.74, 6) is -0.737. The van der Waals surface area contributed by atoms with Crippen molar-refractivity contribution in [1.29, 1.82) is 0 Å². The maximum Gasteiger partial charge on any atom is 0.305 e. The van der Waals surface area contributed by atoms with E-state index >= 15 is 0 Å². The third-order valence-corrected chi connectivity index (χ3v) is 3.27. The van der Waals surface area contributed by atoms with E-state index in [0.717, 1.165) is 0 Å². The number of hydrogen-bond donors (Lipinski definition) is 2. The first-order valence-corrected chi connectivity index (χ1v) is 7.11. The van der Waals surface area contributed by atoms with E-state index in [2.05, 4.69) is 5.32 Å². The van der Waals surface area contributed by atoms with Gasteiger partial charge in [-0.05, 0) is 37.1 Å². The number of carbonyl (C=O) groups excluding carboxylic acids is 1. The summed E-state index contributed by atoms with van der Waals surface area (Å²) in [5, 5.41) is 12.1. The number of benzene rings is 1. The maximum atomic E-state index is 12.1. The Morgan fingerprint density at radius 2 is 1.81 bits per heavy atom. The quantitative estimate of drug-likeness (QED) is 0.811. The van der Waals surface area contributed by atoms with Crippen LogP contribution >= 0.6 is 11.6 Å². The summed E-state index contributed by atoms with van der Waals surface area (Å²) in [6.07, 6.45) is -0.835. The first-order chi connectivity index (χ1) is 9.79. The molecule has 0 fully saturated rings. The van der Waals surface area contributed by atoms with Gasteiger partial charge in [0.1, 0.15) is 5.75 Å². The Bertz CT molecular complexity index is 487. The molecule has 1 rings (SSSR count). The fourth-order valence-corrected chi connectivity index (χ4v) is 1.84. The van der Waals surface area contributed by atoms with Crippen molar-refractivity contribution < 1.29 is 19.4 Å². The van der Waals surface area contributed by atoms with Crippen molar-refractivity contribution in [3.05, 3.63) is 29.3 Å². The van der Waals surface area contributed by atoms with Crippen LogP contribution in [0.1, 0.15) is 27.2 Å². The number of halogens is 1. The average Bonchev–Trinajstić information content (AvgIpc) is 2.39. The second-order valence-electron chi connectivity index (χ2n) is 5.17. The molecule has 1 aromatic carbocycles. The largest absolute Gasteiger partial charge is 0.481 e. The number of hydrogen-bond acceptors (Lipinski definition) is 3. The molecule has 2 atom stereocenters. The van der Waals surface area contributed by atoms with Crippen molar-refractivity contribution in [2.45, 2.75) is 39.3 Å². The molecule has 0 saturated carbocycles. The van der Waals surface area contributed by atoms with Crippen molar-refractivity contribution >= 4 is 23.5 Å². The van der Waals surface area contributed by atoms with E-state index in [1.165, 1.54) is 0 Å². The van der Waals surface area contributed by atoms with Crippen LogP contribution in [0.15, 0.2) is 24.3 Å². The smallest absolute Gasteiger partial charge is 0.305 e. The Kier molecular flexibility index (Phi) is 6.49. The van der Waals surface area contributed by atoms with Gasteiger partial charge in [-0.15, -0.1) is 0 Å². The van der Waals surface area contributed by atoms with Crippen molar-refractivity contribution in [1.82, 2.24) is 5.32 Å². The van der Waals surface area contributed by atoms with E-state index in [0.29, 0.717) is 10.8 Å². The van der Waals surface area contributed by atoms with E-state index in [1.807, 2.05) is 13.8 Å². The molecule has 0 spiro atoms. The van der Waals surface area contributed by atoms with Crippen LogP contribution in [0.2, 0.25) is 5.02 Å². The van der Waals surface area contributed by atoms with E-state index in [4.69, 9.17) is 21.4 Å². The van der Waals surface area contributed by atoms with Gasteiger partial charge in [0.05, 0.1) is 6.42 Å². The van der Waals surface area contributed by atoms with Crippen molar-refractivity contribution in [2.75, 3.05) is 0 Å². The van der Waals surface area contributed by atoms with E-state index < -0.39 is 18.1 Å². The molecule has 0 saturated heterocycles. The lowest BCUT2D eigenvalue weighted by molar-refractivity contribution is -0.138. The number of carboxylic acid groups (broad SMARTS) is 1. The number of aliphatic carboxylic acids is 1. The molecule has 0 bridgehead atoms. The maximum absolute atomic E-state index is 12.1. The Morgan fingerprint density at radius 3 is 2.29 bits per heavy atom. The molecule has 0 aromatic heterocycles. The fourth-order valence-electron chi connectivity index (χ4n) is 1.71. The van der Waals surface area contributed by atoms with Crippen molar-refractivity contribution in [3.8, 4) is 5.75 Å². The number of rotatable bonds is 7. The molecule has 0 aliphatic carbocycles. The highest BCUT2D eigenvalue weighted by atomic mass is 35.5. The summed E-state index contributed by atoms with van der Waals surface area (Å²) in [7, 11) is 0. The van der Waals surface area contributed by atoms with Crippen LogP contribution in [0.3, 0.4) is 0 Å². The molecule has 0 aliphatic rings. The van der Waals surface area contributed by atoms with Crippen LogP contribution in [-0.2, 0) is 9.59 Å². The minimum atomic E-state index is -0.944. The average molecular weight is 314 g/mol. The highest BCUT2D eigenvalue weighted by molar-refractivity contribution is 6.30. The van der Waals surface area contributed by atoms with Gasteiger partial charge in [-0.2, -0.15) is 0 Å². The Hall–Kier alpha value is -1.75. The zero-order chi connectivity index (χ0) is 16.0. The monoisotopic (exact) mass is 313 g/mol. The third kappa shape index (κ3) is 6.04. The molecule has 21 heavy (non-hydrogen) atoms. The molecular weight excluding hydrogens is 294 g/mol. The Morgan fingerprint density at radius 1 is 1.24 bits per heavy atom. The minimum absolute atomic E-state index is 0.0211. The van der Waals surface area contributed by atoms with E-state index in [9.17, 15) is 9.59 Å². The summed E-state index contributed by atoms with van der Waals surface area (Å²) < 4.78 is 5.50. The van der Waals surface area contributed by atoms with Crippen LogP contribution in [-0.4, -0.2) is 29.1 Å². The third-order valence-electron chi connectivity index (χ3n) is 3.02. The first-order valence-electron chi connectivity index (χ1n) is 6.74. The molecule has 1 aromatic rings. The zero-order valence-corrected chi connectivity index (χ0v) is 13.1. The lowest BCUT2D eigenvalue weighted by Gasteiger charge is -2.23. The molecule has 0 heterocycles. The summed E-state index contributed by atoms with van der Waals surface area (Å²) in [6, 6.07) is 6.25. The van der Waals surface area contributed by atoms with Crippen LogP contribution in [0.5, 0.6) is 5.75 Å². The lowest BCUT2D eigenvalue weighted by Crippen LogP contribution is -2.45. The molecule has 2 N–H and O–H groups in total. The Labute approximate surface area is 129 Å². The SMILES string of the molecule is CC(Oc1ccc(Cl)cc1)C(=O)NC(CC(=O)O)C(C)C. The normalized spacial score (nSPS) is 13.6. The number of ether oxygens (including phenoxy) is 1. The number of amides is 1. The van der Waals surface area contributed by atoms with Crippen molar-refractivity contribution in [2.24, 2.45) is 5.92 Å². The molecular formula is C15H20ClNO4. The summed E-state index contributed by atoms with van der Waals surface area (Å²) >= 11 is 5.77. The summed E-state index contributed by atoms with van der Waals surface area (Å²) in [5.41, 5.74) is 0. The Balaban J connectivity index is 2.60. The standard InChI is InChI=1S/C15H20ClNO4/c1-9(2)13(8-14(18)19)17-15(20)10(3)21-12-6-4-11(16)5-7-12/h4-7,9-10,13H,8H2,1-3H3,(H,17,20)(H,18,19). The second kappa shape index (κ2) is 7.88. The van der Waals surface area contributed by atoms with Crippen LogP contribution in [0.4, 0.5) is 0 Å². The van der Waals surface area contributed by atoms with Gasteiger partial charge in [0, 0.05) is 11.1 Å². The van der Waals surface area contributed by atoms with Gasteiger partial charge in [-0.1, -0.05) is 25.4 Å². The molecule has 5 nitrogen and oxygen atoms in total. The summed E-state index contributed by atoms with van der Waals surface area (Å²) in [4.78, 5) is 22.8.